The van der Waals surface area contributed by atoms with E-state index in [-0.39, 0.29) is 5.54 Å². The highest BCUT2D eigenvalue weighted by molar-refractivity contribution is 4.82. The van der Waals surface area contributed by atoms with E-state index >= 15 is 0 Å². The van der Waals surface area contributed by atoms with Crippen molar-refractivity contribution in [3.63, 3.8) is 0 Å². The van der Waals surface area contributed by atoms with Crippen LogP contribution in [-0.2, 0) is 0 Å². The molecular formula is C13H28N2. The minimum absolute atomic E-state index is 0.0298. The summed E-state index contributed by atoms with van der Waals surface area (Å²) in [5, 5.41) is 3.65. The average molecular weight is 212 g/mol. The number of nitrogens with two attached hydrogens (primary N) is 1. The smallest absolute Gasteiger partial charge is 0.0249 e. The summed E-state index contributed by atoms with van der Waals surface area (Å²) in [7, 11) is 0. The van der Waals surface area contributed by atoms with Gasteiger partial charge in [-0.15, -0.1) is 0 Å². The van der Waals surface area contributed by atoms with Crippen LogP contribution in [0, 0.1) is 5.92 Å². The Kier molecular flexibility index (Phi) is 5.07. The van der Waals surface area contributed by atoms with Crippen molar-refractivity contribution in [2.45, 2.75) is 70.9 Å². The first-order valence-corrected chi connectivity index (χ1v) is 6.56. The molecule has 0 saturated heterocycles. The van der Waals surface area contributed by atoms with Crippen molar-refractivity contribution in [2.75, 3.05) is 6.54 Å². The molecule has 1 fully saturated rings. The molecule has 1 rings (SSSR count). The third kappa shape index (κ3) is 4.98. The van der Waals surface area contributed by atoms with Gasteiger partial charge in [0.2, 0.25) is 0 Å². The molecule has 0 aliphatic heterocycles. The zero-order valence-corrected chi connectivity index (χ0v) is 10.7. The maximum Gasteiger partial charge on any atom is 0.0249 e. The fourth-order valence-electron chi connectivity index (χ4n) is 2.19. The lowest BCUT2D eigenvalue weighted by atomic mass is 9.99. The molecule has 1 saturated carbocycles. The Bertz CT molecular complexity index is 177. The molecule has 2 heteroatoms. The summed E-state index contributed by atoms with van der Waals surface area (Å²) in [6.45, 7) is 7.64. The molecule has 90 valence electrons. The van der Waals surface area contributed by atoms with E-state index in [0.29, 0.717) is 6.04 Å². The molecule has 3 atom stereocenters. The molecule has 0 aromatic rings. The fraction of sp³-hybridized carbons (Fsp3) is 1.00. The van der Waals surface area contributed by atoms with Crippen LogP contribution in [0.1, 0.15) is 59.3 Å². The molecule has 0 amide bonds. The largest absolute Gasteiger partial charge is 0.324 e. The number of hydrogen-bond donors (Lipinski definition) is 2. The molecule has 3 N–H and O–H groups in total. The van der Waals surface area contributed by atoms with E-state index in [1.54, 1.807) is 0 Å². The third-order valence-electron chi connectivity index (χ3n) is 3.86. The van der Waals surface area contributed by atoms with E-state index in [1.165, 1.54) is 32.1 Å². The van der Waals surface area contributed by atoms with Crippen molar-refractivity contribution in [1.82, 2.24) is 5.32 Å². The number of rotatable bonds is 4. The second kappa shape index (κ2) is 5.86. The van der Waals surface area contributed by atoms with Gasteiger partial charge in [-0.2, -0.15) is 0 Å². The molecule has 0 heterocycles. The van der Waals surface area contributed by atoms with Crippen molar-refractivity contribution < 1.29 is 0 Å². The van der Waals surface area contributed by atoms with Crippen LogP contribution in [0.15, 0.2) is 0 Å². The molecule has 0 radical (unpaired) electrons. The van der Waals surface area contributed by atoms with Gasteiger partial charge >= 0.3 is 0 Å². The summed E-state index contributed by atoms with van der Waals surface area (Å²) in [5.41, 5.74) is 6.11. The van der Waals surface area contributed by atoms with E-state index in [0.717, 1.165) is 18.9 Å². The summed E-state index contributed by atoms with van der Waals surface area (Å²) in [6.07, 6.45) is 7.89. The Morgan fingerprint density at radius 2 is 2.00 bits per heavy atom. The Morgan fingerprint density at radius 3 is 2.67 bits per heavy atom. The maximum atomic E-state index is 6.14. The van der Waals surface area contributed by atoms with Gasteiger partial charge in [-0.1, -0.05) is 26.7 Å². The molecular weight excluding hydrogens is 184 g/mol. The summed E-state index contributed by atoms with van der Waals surface area (Å²) in [4.78, 5) is 0. The average Bonchev–Trinajstić information content (AvgIpc) is 2.40. The molecule has 1 aliphatic carbocycles. The van der Waals surface area contributed by atoms with Gasteiger partial charge in [-0.05, 0) is 38.5 Å². The maximum absolute atomic E-state index is 6.14. The second-order valence-corrected chi connectivity index (χ2v) is 5.70. The van der Waals surface area contributed by atoms with Crippen LogP contribution < -0.4 is 11.1 Å². The standard InChI is InChI=1S/C13H28N2/c1-4-13(3,14)10-15-12-7-5-6-11(2)8-9-12/h11-12,15H,4-10,14H2,1-3H3. The molecule has 2 nitrogen and oxygen atoms in total. The highest BCUT2D eigenvalue weighted by Gasteiger charge is 2.20. The van der Waals surface area contributed by atoms with E-state index in [2.05, 4.69) is 26.1 Å². The van der Waals surface area contributed by atoms with Gasteiger partial charge in [0.25, 0.3) is 0 Å². The van der Waals surface area contributed by atoms with Crippen LogP contribution in [-0.4, -0.2) is 18.1 Å². The predicted octanol–water partition coefficient (Wildman–Crippen LogP) is 2.67. The quantitative estimate of drug-likeness (QED) is 0.703. The summed E-state index contributed by atoms with van der Waals surface area (Å²) in [5.74, 6) is 0.923. The Balaban J connectivity index is 2.26. The van der Waals surface area contributed by atoms with Gasteiger partial charge in [-0.25, -0.2) is 0 Å². The predicted molar refractivity (Wildman–Crippen MR) is 66.9 cm³/mol. The van der Waals surface area contributed by atoms with Crippen LogP contribution in [0.25, 0.3) is 0 Å². The van der Waals surface area contributed by atoms with Crippen LogP contribution in [0.5, 0.6) is 0 Å². The van der Waals surface area contributed by atoms with Gasteiger partial charge in [0.15, 0.2) is 0 Å². The minimum atomic E-state index is -0.0298. The molecule has 15 heavy (non-hydrogen) atoms. The van der Waals surface area contributed by atoms with Crippen LogP contribution in [0.3, 0.4) is 0 Å². The summed E-state index contributed by atoms with van der Waals surface area (Å²) < 4.78 is 0. The van der Waals surface area contributed by atoms with Crippen molar-refractivity contribution >= 4 is 0 Å². The Labute approximate surface area is 95.0 Å². The van der Waals surface area contributed by atoms with E-state index in [1.807, 2.05) is 0 Å². The normalized spacial score (nSPS) is 32.0. The van der Waals surface area contributed by atoms with Crippen molar-refractivity contribution in [1.29, 1.82) is 0 Å². The van der Waals surface area contributed by atoms with Gasteiger partial charge in [-0.3, -0.25) is 0 Å². The molecule has 0 bridgehead atoms. The zero-order valence-electron chi connectivity index (χ0n) is 10.7. The third-order valence-corrected chi connectivity index (χ3v) is 3.86. The molecule has 0 spiro atoms. The first-order valence-electron chi connectivity index (χ1n) is 6.56. The second-order valence-electron chi connectivity index (χ2n) is 5.70. The van der Waals surface area contributed by atoms with Crippen LogP contribution in [0.4, 0.5) is 0 Å². The summed E-state index contributed by atoms with van der Waals surface area (Å²) >= 11 is 0. The topological polar surface area (TPSA) is 38.0 Å². The SMILES string of the molecule is CCC(C)(N)CNC1CCCC(C)CC1. The monoisotopic (exact) mass is 212 g/mol. The van der Waals surface area contributed by atoms with Gasteiger partial charge in [0, 0.05) is 18.1 Å². The Hall–Kier alpha value is -0.0800. The van der Waals surface area contributed by atoms with Crippen molar-refractivity contribution in [3.05, 3.63) is 0 Å². The molecule has 1 aliphatic rings. The zero-order chi connectivity index (χ0) is 11.3. The highest BCUT2D eigenvalue weighted by atomic mass is 15.0. The lowest BCUT2D eigenvalue weighted by Gasteiger charge is -2.26. The van der Waals surface area contributed by atoms with E-state index in [9.17, 15) is 0 Å². The number of nitrogens with one attached hydrogen (secondary N) is 1. The molecule has 3 unspecified atom stereocenters. The summed E-state index contributed by atoms with van der Waals surface area (Å²) in [6, 6.07) is 0.712. The van der Waals surface area contributed by atoms with Gasteiger partial charge in [0.1, 0.15) is 0 Å². The van der Waals surface area contributed by atoms with E-state index < -0.39 is 0 Å². The van der Waals surface area contributed by atoms with Gasteiger partial charge < -0.3 is 11.1 Å². The van der Waals surface area contributed by atoms with Crippen molar-refractivity contribution in [2.24, 2.45) is 11.7 Å². The van der Waals surface area contributed by atoms with Crippen molar-refractivity contribution in [3.8, 4) is 0 Å². The lowest BCUT2D eigenvalue weighted by Crippen LogP contribution is -2.48. The lowest BCUT2D eigenvalue weighted by molar-refractivity contribution is 0.362. The molecule has 0 aromatic carbocycles. The van der Waals surface area contributed by atoms with Crippen LogP contribution in [0.2, 0.25) is 0 Å². The van der Waals surface area contributed by atoms with E-state index in [4.69, 9.17) is 5.73 Å². The first-order chi connectivity index (χ1) is 7.03. The minimum Gasteiger partial charge on any atom is -0.324 e. The first kappa shape index (κ1) is 13.0. The number of hydrogen-bond acceptors (Lipinski definition) is 2. The van der Waals surface area contributed by atoms with Gasteiger partial charge in [0.05, 0.1) is 0 Å². The fourth-order valence-corrected chi connectivity index (χ4v) is 2.19. The molecule has 0 aromatic heterocycles. The van der Waals surface area contributed by atoms with Crippen LogP contribution >= 0.6 is 0 Å². The highest BCUT2D eigenvalue weighted by Crippen LogP contribution is 2.22. The Morgan fingerprint density at radius 1 is 1.27 bits per heavy atom.